The number of benzene rings is 2. The average molecular weight is 343 g/mol. The van der Waals surface area contributed by atoms with E-state index in [0.717, 1.165) is 11.1 Å². The van der Waals surface area contributed by atoms with Crippen molar-refractivity contribution >= 4 is 6.01 Å². The van der Waals surface area contributed by atoms with E-state index in [9.17, 15) is 4.39 Å². The Balaban J connectivity index is 1.68. The van der Waals surface area contributed by atoms with Crippen LogP contribution in [0.1, 0.15) is 11.1 Å². The fraction of sp³-hybridized carbons (Fsp3) is 0.222. The van der Waals surface area contributed by atoms with Crippen molar-refractivity contribution in [3.05, 3.63) is 59.4 Å². The summed E-state index contributed by atoms with van der Waals surface area (Å²) in [5, 5.41) is 6.98. The zero-order chi connectivity index (χ0) is 17.6. The van der Waals surface area contributed by atoms with Gasteiger partial charge in [0.25, 0.3) is 0 Å². The van der Waals surface area contributed by atoms with Gasteiger partial charge in [0, 0.05) is 24.8 Å². The van der Waals surface area contributed by atoms with Crippen LogP contribution in [0.25, 0.3) is 11.4 Å². The molecule has 0 radical (unpaired) electrons. The molecular weight excluding hydrogens is 325 g/mol. The second-order valence-electron chi connectivity index (χ2n) is 5.37. The Hall–Kier alpha value is -2.93. The van der Waals surface area contributed by atoms with Gasteiger partial charge in [0.05, 0.1) is 13.7 Å². The lowest BCUT2D eigenvalue weighted by Gasteiger charge is -2.06. The maximum Gasteiger partial charge on any atom is 0.322 e. The third-order valence-corrected chi connectivity index (χ3v) is 3.61. The number of ether oxygens (including phenoxy) is 2. The molecule has 0 bridgehead atoms. The molecule has 130 valence electrons. The normalized spacial score (nSPS) is 10.7. The predicted octanol–water partition coefficient (Wildman–Crippen LogP) is 3.64. The highest BCUT2D eigenvalue weighted by Gasteiger charge is 2.10. The summed E-state index contributed by atoms with van der Waals surface area (Å²) in [4.78, 5) is 4.30. The SMILES string of the molecule is COCc1cc(CNc2nc(-c3cccc(OC)c3)no2)ccc1F. The second-order valence-corrected chi connectivity index (χ2v) is 5.37. The van der Waals surface area contributed by atoms with E-state index < -0.39 is 0 Å². The first-order valence-corrected chi connectivity index (χ1v) is 7.68. The van der Waals surface area contributed by atoms with Crippen LogP contribution in [-0.4, -0.2) is 24.4 Å². The summed E-state index contributed by atoms with van der Waals surface area (Å²) >= 11 is 0. The molecule has 0 fully saturated rings. The number of hydrogen-bond acceptors (Lipinski definition) is 6. The topological polar surface area (TPSA) is 69.4 Å². The number of methoxy groups -OCH3 is 2. The van der Waals surface area contributed by atoms with Gasteiger partial charge in [-0.1, -0.05) is 23.4 Å². The molecule has 2 aromatic carbocycles. The number of hydrogen-bond donors (Lipinski definition) is 1. The van der Waals surface area contributed by atoms with Crippen LogP contribution < -0.4 is 10.1 Å². The molecule has 1 heterocycles. The first-order chi connectivity index (χ1) is 12.2. The monoisotopic (exact) mass is 343 g/mol. The Morgan fingerprint density at radius 1 is 1.16 bits per heavy atom. The molecule has 3 aromatic rings. The molecule has 0 unspecified atom stereocenters. The van der Waals surface area contributed by atoms with Gasteiger partial charge in [-0.15, -0.1) is 0 Å². The van der Waals surface area contributed by atoms with E-state index in [1.54, 1.807) is 19.2 Å². The van der Waals surface area contributed by atoms with Crippen molar-refractivity contribution in [3.63, 3.8) is 0 Å². The zero-order valence-electron chi connectivity index (χ0n) is 14.0. The molecule has 0 atom stereocenters. The van der Waals surface area contributed by atoms with Crippen molar-refractivity contribution < 1.29 is 18.4 Å². The second kappa shape index (κ2) is 7.76. The van der Waals surface area contributed by atoms with Crippen LogP contribution in [0.4, 0.5) is 10.4 Å². The first kappa shape index (κ1) is 16.9. The summed E-state index contributed by atoms with van der Waals surface area (Å²) in [6, 6.07) is 12.5. The van der Waals surface area contributed by atoms with E-state index in [0.29, 0.717) is 23.7 Å². The molecule has 0 aliphatic heterocycles. The summed E-state index contributed by atoms with van der Waals surface area (Å²) in [6.45, 7) is 0.650. The lowest BCUT2D eigenvalue weighted by Crippen LogP contribution is -2.02. The fourth-order valence-corrected chi connectivity index (χ4v) is 2.36. The van der Waals surface area contributed by atoms with Crippen molar-refractivity contribution in [2.45, 2.75) is 13.2 Å². The van der Waals surface area contributed by atoms with Gasteiger partial charge in [0.2, 0.25) is 5.82 Å². The predicted molar refractivity (Wildman–Crippen MR) is 90.7 cm³/mol. The molecule has 6 nitrogen and oxygen atoms in total. The number of nitrogens with zero attached hydrogens (tertiary/aromatic N) is 2. The lowest BCUT2D eigenvalue weighted by atomic mass is 10.1. The fourth-order valence-electron chi connectivity index (χ4n) is 2.36. The van der Waals surface area contributed by atoms with E-state index >= 15 is 0 Å². The summed E-state index contributed by atoms with van der Waals surface area (Å²) in [7, 11) is 3.13. The maximum absolute atomic E-state index is 13.6. The minimum Gasteiger partial charge on any atom is -0.497 e. The molecule has 0 saturated carbocycles. The van der Waals surface area contributed by atoms with E-state index in [4.69, 9.17) is 14.0 Å². The van der Waals surface area contributed by atoms with Crippen LogP contribution in [0.5, 0.6) is 5.75 Å². The average Bonchev–Trinajstić information content (AvgIpc) is 3.12. The van der Waals surface area contributed by atoms with Crippen LogP contribution in [0.3, 0.4) is 0 Å². The number of aromatic nitrogens is 2. The van der Waals surface area contributed by atoms with Gasteiger partial charge in [-0.3, -0.25) is 0 Å². The van der Waals surface area contributed by atoms with Gasteiger partial charge >= 0.3 is 6.01 Å². The molecule has 0 saturated heterocycles. The van der Waals surface area contributed by atoms with Crippen molar-refractivity contribution in [3.8, 4) is 17.1 Å². The van der Waals surface area contributed by atoms with Crippen LogP contribution in [0.15, 0.2) is 47.0 Å². The van der Waals surface area contributed by atoms with Gasteiger partial charge in [-0.05, 0) is 29.8 Å². The highest BCUT2D eigenvalue weighted by molar-refractivity contribution is 5.57. The number of halogens is 1. The van der Waals surface area contributed by atoms with Crippen molar-refractivity contribution in [1.82, 2.24) is 10.1 Å². The van der Waals surface area contributed by atoms with E-state index in [-0.39, 0.29) is 18.4 Å². The molecule has 0 amide bonds. The molecule has 25 heavy (non-hydrogen) atoms. The van der Waals surface area contributed by atoms with Gasteiger partial charge in [0.15, 0.2) is 0 Å². The minimum atomic E-state index is -0.288. The summed E-state index contributed by atoms with van der Waals surface area (Å²) < 4.78 is 29.0. The Bertz CT molecular complexity index is 851. The first-order valence-electron chi connectivity index (χ1n) is 7.68. The molecule has 0 aliphatic carbocycles. The lowest BCUT2D eigenvalue weighted by molar-refractivity contribution is 0.181. The number of nitrogens with one attached hydrogen (secondary N) is 1. The third-order valence-electron chi connectivity index (χ3n) is 3.61. The Morgan fingerprint density at radius 3 is 2.84 bits per heavy atom. The van der Waals surface area contributed by atoms with Crippen molar-refractivity contribution in [2.24, 2.45) is 0 Å². The zero-order valence-corrected chi connectivity index (χ0v) is 14.0. The molecule has 1 aromatic heterocycles. The maximum atomic E-state index is 13.6. The van der Waals surface area contributed by atoms with Gasteiger partial charge in [-0.2, -0.15) is 4.98 Å². The van der Waals surface area contributed by atoms with Crippen LogP contribution >= 0.6 is 0 Å². The molecular formula is C18H18FN3O3. The third kappa shape index (κ3) is 4.13. The van der Waals surface area contributed by atoms with E-state index in [1.165, 1.54) is 13.2 Å². The molecule has 1 N–H and O–H groups in total. The molecule has 0 aliphatic rings. The minimum absolute atomic E-state index is 0.222. The van der Waals surface area contributed by atoms with Crippen molar-refractivity contribution in [2.75, 3.05) is 19.5 Å². The van der Waals surface area contributed by atoms with Crippen LogP contribution in [0, 0.1) is 5.82 Å². The standard InChI is InChI=1S/C18H18FN3O3/c1-23-11-14-8-12(6-7-16(14)19)10-20-18-21-17(22-25-18)13-4-3-5-15(9-13)24-2/h3-9H,10-11H2,1-2H3,(H,20,21,22). The van der Waals surface area contributed by atoms with Crippen LogP contribution in [-0.2, 0) is 17.9 Å². The Labute approximate surface area is 144 Å². The van der Waals surface area contributed by atoms with Gasteiger partial charge < -0.3 is 19.3 Å². The number of rotatable bonds is 7. The number of anilines is 1. The van der Waals surface area contributed by atoms with Gasteiger partial charge in [-0.25, -0.2) is 4.39 Å². The van der Waals surface area contributed by atoms with Crippen LogP contribution in [0.2, 0.25) is 0 Å². The highest BCUT2D eigenvalue weighted by atomic mass is 19.1. The van der Waals surface area contributed by atoms with Crippen molar-refractivity contribution in [1.29, 1.82) is 0 Å². The largest absolute Gasteiger partial charge is 0.497 e. The molecule has 7 heteroatoms. The summed E-state index contributed by atoms with van der Waals surface area (Å²) in [6.07, 6.45) is 0. The van der Waals surface area contributed by atoms with E-state index in [2.05, 4.69) is 15.5 Å². The quantitative estimate of drug-likeness (QED) is 0.706. The smallest absolute Gasteiger partial charge is 0.322 e. The highest BCUT2D eigenvalue weighted by Crippen LogP contribution is 2.22. The Morgan fingerprint density at radius 2 is 2.04 bits per heavy atom. The summed E-state index contributed by atoms with van der Waals surface area (Å²) in [5.74, 6) is 0.887. The molecule has 0 spiro atoms. The van der Waals surface area contributed by atoms with Gasteiger partial charge in [0.1, 0.15) is 11.6 Å². The molecule has 3 rings (SSSR count). The van der Waals surface area contributed by atoms with E-state index in [1.807, 2.05) is 24.3 Å². The Kier molecular flexibility index (Phi) is 5.25. The summed E-state index contributed by atoms with van der Waals surface area (Å²) in [5.41, 5.74) is 2.18.